The summed E-state index contributed by atoms with van der Waals surface area (Å²) in [5.74, 6) is -0.516. The van der Waals surface area contributed by atoms with Crippen molar-refractivity contribution in [1.29, 1.82) is 0 Å². The van der Waals surface area contributed by atoms with Gasteiger partial charge in [-0.2, -0.15) is 0 Å². The van der Waals surface area contributed by atoms with Crippen molar-refractivity contribution in [2.75, 3.05) is 0 Å². The Morgan fingerprint density at radius 2 is 2.10 bits per heavy atom. The molecule has 0 bridgehead atoms. The number of rotatable bonds is 5. The van der Waals surface area contributed by atoms with Crippen molar-refractivity contribution in [2.24, 2.45) is 0 Å². The van der Waals surface area contributed by atoms with E-state index < -0.39 is 4.92 Å². The van der Waals surface area contributed by atoms with Crippen LogP contribution < -0.4 is 5.32 Å². The molecule has 0 aliphatic rings. The van der Waals surface area contributed by atoms with Gasteiger partial charge in [-0.1, -0.05) is 12.1 Å². The van der Waals surface area contributed by atoms with Gasteiger partial charge in [0.15, 0.2) is 5.78 Å². The zero-order valence-corrected chi connectivity index (χ0v) is 11.3. The van der Waals surface area contributed by atoms with Gasteiger partial charge in [-0.25, -0.2) is 0 Å². The Balaban J connectivity index is 2.02. The molecule has 0 aliphatic carbocycles. The highest BCUT2D eigenvalue weighted by molar-refractivity contribution is 5.99. The minimum atomic E-state index is -0.491. The third-order valence-electron chi connectivity index (χ3n) is 2.91. The first-order valence-corrected chi connectivity index (χ1v) is 6.18. The molecule has 0 aliphatic heterocycles. The number of nitro groups is 1. The summed E-state index contributed by atoms with van der Waals surface area (Å²) in [5, 5.41) is 13.3. The maximum atomic E-state index is 11.9. The lowest BCUT2D eigenvalue weighted by Crippen LogP contribution is -2.23. The molecule has 1 aromatic heterocycles. The normalized spacial score (nSPS) is 10.1. The molecule has 0 saturated heterocycles. The van der Waals surface area contributed by atoms with Crippen LogP contribution in [0.3, 0.4) is 0 Å². The van der Waals surface area contributed by atoms with E-state index in [1.165, 1.54) is 31.3 Å². The predicted molar refractivity (Wildman–Crippen MR) is 75.1 cm³/mol. The number of aromatic amines is 1. The van der Waals surface area contributed by atoms with E-state index in [1.807, 2.05) is 0 Å². The molecule has 0 saturated carbocycles. The molecule has 1 amide bonds. The number of ketones is 1. The Bertz CT molecular complexity index is 706. The molecule has 0 fully saturated rings. The number of carbonyl (C=O) groups excluding carboxylic acids is 2. The summed E-state index contributed by atoms with van der Waals surface area (Å²) in [5.41, 5.74) is 1.29. The Morgan fingerprint density at radius 1 is 1.33 bits per heavy atom. The van der Waals surface area contributed by atoms with E-state index in [4.69, 9.17) is 0 Å². The van der Waals surface area contributed by atoms with Crippen LogP contribution in [0.2, 0.25) is 0 Å². The van der Waals surface area contributed by atoms with E-state index in [2.05, 4.69) is 10.3 Å². The molecule has 0 unspecified atom stereocenters. The lowest BCUT2D eigenvalue weighted by molar-refractivity contribution is -0.384. The summed E-state index contributed by atoms with van der Waals surface area (Å²) in [6.45, 7) is 1.57. The molecule has 1 aromatic carbocycles. The van der Waals surface area contributed by atoms with Gasteiger partial charge in [-0.3, -0.25) is 19.7 Å². The fraction of sp³-hybridized carbons (Fsp3) is 0.143. The van der Waals surface area contributed by atoms with Gasteiger partial charge in [0.1, 0.15) is 5.69 Å². The molecule has 1 heterocycles. The average molecular weight is 287 g/mol. The largest absolute Gasteiger partial charge is 0.356 e. The standard InChI is InChI=1S/C14H13N3O4/c1-9(18)11-6-13(15-8-11)14(19)16-7-10-3-2-4-12(5-10)17(20)21/h2-6,8,15H,7H2,1H3,(H,16,19). The summed E-state index contributed by atoms with van der Waals surface area (Å²) in [7, 11) is 0. The maximum Gasteiger partial charge on any atom is 0.269 e. The van der Waals surface area contributed by atoms with Crippen LogP contribution in [0.5, 0.6) is 0 Å². The van der Waals surface area contributed by atoms with Crippen molar-refractivity contribution in [3.05, 3.63) is 63.5 Å². The maximum absolute atomic E-state index is 11.9. The second kappa shape index (κ2) is 6.00. The van der Waals surface area contributed by atoms with Crippen LogP contribution in [-0.4, -0.2) is 21.6 Å². The molecule has 108 valence electrons. The topological polar surface area (TPSA) is 105 Å². The number of hydrogen-bond donors (Lipinski definition) is 2. The van der Waals surface area contributed by atoms with Gasteiger partial charge >= 0.3 is 0 Å². The third kappa shape index (κ3) is 3.53. The van der Waals surface area contributed by atoms with E-state index in [0.717, 1.165) is 0 Å². The fourth-order valence-corrected chi connectivity index (χ4v) is 1.79. The van der Waals surface area contributed by atoms with E-state index in [9.17, 15) is 19.7 Å². The lowest BCUT2D eigenvalue weighted by atomic mass is 10.2. The van der Waals surface area contributed by atoms with E-state index in [0.29, 0.717) is 11.1 Å². The van der Waals surface area contributed by atoms with Crippen LogP contribution >= 0.6 is 0 Å². The van der Waals surface area contributed by atoms with Gasteiger partial charge in [0.2, 0.25) is 0 Å². The molecule has 0 radical (unpaired) electrons. The van der Waals surface area contributed by atoms with E-state index in [1.54, 1.807) is 12.1 Å². The molecule has 2 rings (SSSR count). The number of hydrogen-bond acceptors (Lipinski definition) is 4. The number of nitro benzene ring substituents is 1. The number of amides is 1. The lowest BCUT2D eigenvalue weighted by Gasteiger charge is -2.03. The average Bonchev–Trinajstić information content (AvgIpc) is 2.95. The Morgan fingerprint density at radius 3 is 2.71 bits per heavy atom. The minimum absolute atomic E-state index is 0.0273. The number of non-ortho nitro benzene ring substituents is 1. The quantitative estimate of drug-likeness (QED) is 0.498. The van der Waals surface area contributed by atoms with Gasteiger partial charge < -0.3 is 10.3 Å². The highest BCUT2D eigenvalue weighted by atomic mass is 16.6. The first-order chi connectivity index (χ1) is 9.97. The van der Waals surface area contributed by atoms with Crippen LogP contribution in [0.1, 0.15) is 33.3 Å². The zero-order valence-electron chi connectivity index (χ0n) is 11.3. The van der Waals surface area contributed by atoms with Crippen LogP contribution in [0.25, 0.3) is 0 Å². The van der Waals surface area contributed by atoms with Crippen molar-refractivity contribution < 1.29 is 14.5 Å². The molecule has 2 aromatic rings. The Hall–Kier alpha value is -2.96. The molecule has 0 spiro atoms. The number of Topliss-reactive ketones (excluding diaryl/α,β-unsaturated/α-hetero) is 1. The molecule has 21 heavy (non-hydrogen) atoms. The molecule has 2 N–H and O–H groups in total. The number of benzene rings is 1. The van der Waals surface area contributed by atoms with Crippen molar-refractivity contribution in [3.8, 4) is 0 Å². The number of H-pyrrole nitrogens is 1. The summed E-state index contributed by atoms with van der Waals surface area (Å²) in [4.78, 5) is 35.9. The second-order valence-electron chi connectivity index (χ2n) is 4.47. The van der Waals surface area contributed by atoms with Crippen LogP contribution in [0, 0.1) is 10.1 Å². The number of aromatic nitrogens is 1. The van der Waals surface area contributed by atoms with Gasteiger partial charge in [-0.15, -0.1) is 0 Å². The van der Waals surface area contributed by atoms with Gasteiger partial charge in [-0.05, 0) is 18.6 Å². The molecular formula is C14H13N3O4. The predicted octanol–water partition coefficient (Wildman–Crippen LogP) is 2.06. The zero-order chi connectivity index (χ0) is 15.4. The van der Waals surface area contributed by atoms with Crippen molar-refractivity contribution >= 4 is 17.4 Å². The van der Waals surface area contributed by atoms with Crippen molar-refractivity contribution in [3.63, 3.8) is 0 Å². The summed E-state index contributed by atoms with van der Waals surface area (Å²) in [6, 6.07) is 7.49. The van der Waals surface area contributed by atoms with Crippen LogP contribution in [0.15, 0.2) is 36.5 Å². The molecular weight excluding hydrogens is 274 g/mol. The minimum Gasteiger partial charge on any atom is -0.356 e. The van der Waals surface area contributed by atoms with Gasteiger partial charge in [0.05, 0.1) is 4.92 Å². The van der Waals surface area contributed by atoms with Crippen LogP contribution in [-0.2, 0) is 6.54 Å². The number of nitrogens with zero attached hydrogens (tertiary/aromatic N) is 1. The Labute approximate surface area is 120 Å². The number of nitrogens with one attached hydrogen (secondary N) is 2. The summed E-state index contributed by atoms with van der Waals surface area (Å²) >= 11 is 0. The summed E-state index contributed by atoms with van der Waals surface area (Å²) in [6.07, 6.45) is 1.46. The van der Waals surface area contributed by atoms with Gasteiger partial charge in [0.25, 0.3) is 11.6 Å². The SMILES string of the molecule is CC(=O)c1c[nH]c(C(=O)NCc2cccc([N+](=O)[O-])c2)c1. The Kier molecular flexibility index (Phi) is 4.13. The molecule has 7 heteroatoms. The highest BCUT2D eigenvalue weighted by Gasteiger charge is 2.11. The van der Waals surface area contributed by atoms with E-state index >= 15 is 0 Å². The van der Waals surface area contributed by atoms with Crippen molar-refractivity contribution in [1.82, 2.24) is 10.3 Å². The van der Waals surface area contributed by atoms with Crippen LogP contribution in [0.4, 0.5) is 5.69 Å². The highest BCUT2D eigenvalue weighted by Crippen LogP contribution is 2.13. The first kappa shape index (κ1) is 14.4. The monoisotopic (exact) mass is 287 g/mol. The second-order valence-corrected chi connectivity index (χ2v) is 4.47. The van der Waals surface area contributed by atoms with E-state index in [-0.39, 0.29) is 29.6 Å². The van der Waals surface area contributed by atoms with Gasteiger partial charge in [0, 0.05) is 30.4 Å². The first-order valence-electron chi connectivity index (χ1n) is 6.18. The number of carbonyl (C=O) groups is 2. The van der Waals surface area contributed by atoms with Crippen molar-refractivity contribution in [2.45, 2.75) is 13.5 Å². The molecule has 7 nitrogen and oxygen atoms in total. The third-order valence-corrected chi connectivity index (χ3v) is 2.91. The molecule has 0 atom stereocenters. The smallest absolute Gasteiger partial charge is 0.269 e. The summed E-state index contributed by atoms with van der Waals surface area (Å²) < 4.78 is 0. The fourth-order valence-electron chi connectivity index (χ4n) is 1.79.